The smallest absolute Gasteiger partial charge is 0.335 e. The number of nitrogens with zero attached hydrogens (tertiary/aromatic N) is 1. The molecule has 19 heavy (non-hydrogen) atoms. The molecule has 0 amide bonds. The van der Waals surface area contributed by atoms with Gasteiger partial charge in [-0.3, -0.25) is 0 Å². The molecule has 5 nitrogen and oxygen atoms in total. The highest BCUT2D eigenvalue weighted by atomic mass is 16.6. The fraction of sp³-hybridized carbons (Fsp3) is 0.571. The van der Waals surface area contributed by atoms with E-state index in [0.29, 0.717) is 32.1 Å². The van der Waals surface area contributed by atoms with Crippen molar-refractivity contribution in [3.63, 3.8) is 0 Å². The monoisotopic (exact) mass is 265 g/mol. The normalized spacial score (nSPS) is 18.8. The Morgan fingerprint density at radius 1 is 1.37 bits per heavy atom. The molecule has 0 aliphatic carbocycles. The highest BCUT2D eigenvalue weighted by Gasteiger charge is 2.22. The summed E-state index contributed by atoms with van der Waals surface area (Å²) in [7, 11) is 0. The fourth-order valence-electron chi connectivity index (χ4n) is 1.86. The van der Waals surface area contributed by atoms with Gasteiger partial charge in [0.15, 0.2) is 6.10 Å². The van der Waals surface area contributed by atoms with Crippen LogP contribution in [-0.4, -0.2) is 36.9 Å². The van der Waals surface area contributed by atoms with Gasteiger partial charge < -0.3 is 14.2 Å². The third-order valence-corrected chi connectivity index (χ3v) is 2.86. The molecule has 1 atom stereocenters. The predicted octanol–water partition coefficient (Wildman–Crippen LogP) is 1.96. The maximum Gasteiger partial charge on any atom is 0.335 e. The Labute approximate surface area is 112 Å². The number of rotatable bonds is 6. The highest BCUT2D eigenvalue weighted by Crippen LogP contribution is 2.13. The first kappa shape index (κ1) is 13.8. The van der Waals surface area contributed by atoms with Crippen molar-refractivity contribution in [2.75, 3.05) is 19.8 Å². The van der Waals surface area contributed by atoms with Crippen LogP contribution in [0.25, 0.3) is 0 Å². The first-order chi connectivity index (χ1) is 9.36. The van der Waals surface area contributed by atoms with E-state index in [4.69, 9.17) is 14.2 Å². The van der Waals surface area contributed by atoms with E-state index in [1.807, 2.05) is 12.1 Å². The molecule has 1 aliphatic heterocycles. The summed E-state index contributed by atoms with van der Waals surface area (Å²) in [5.41, 5.74) is 0. The maximum atomic E-state index is 11.6. The molecule has 104 valence electrons. The van der Waals surface area contributed by atoms with Gasteiger partial charge in [0, 0.05) is 25.3 Å². The average molecular weight is 265 g/mol. The average Bonchev–Trinajstić information content (AvgIpc) is 2.49. The summed E-state index contributed by atoms with van der Waals surface area (Å²) >= 11 is 0. The van der Waals surface area contributed by atoms with Gasteiger partial charge >= 0.3 is 5.97 Å². The molecule has 0 spiro atoms. The molecule has 1 aromatic heterocycles. The number of ether oxygens (including phenoxy) is 3. The Kier molecular flexibility index (Phi) is 5.62. The Morgan fingerprint density at radius 3 is 3.05 bits per heavy atom. The van der Waals surface area contributed by atoms with E-state index in [2.05, 4.69) is 4.98 Å². The van der Waals surface area contributed by atoms with Crippen molar-refractivity contribution in [3.8, 4) is 5.88 Å². The van der Waals surface area contributed by atoms with Crippen LogP contribution < -0.4 is 4.74 Å². The number of hydrogen-bond acceptors (Lipinski definition) is 5. The molecule has 1 unspecified atom stereocenters. The number of pyridine rings is 1. The Bertz CT molecular complexity index is 376. The maximum absolute atomic E-state index is 11.6. The second-order valence-corrected chi connectivity index (χ2v) is 4.39. The summed E-state index contributed by atoms with van der Waals surface area (Å²) < 4.78 is 15.9. The van der Waals surface area contributed by atoms with E-state index in [1.54, 1.807) is 12.3 Å². The SMILES string of the molecule is O=C(OCCCOc1ccccn1)C1CCCCO1. The van der Waals surface area contributed by atoms with Gasteiger partial charge in [-0.15, -0.1) is 0 Å². The molecule has 2 rings (SSSR count). The van der Waals surface area contributed by atoms with Crippen LogP contribution in [0.2, 0.25) is 0 Å². The van der Waals surface area contributed by atoms with Gasteiger partial charge in [0.25, 0.3) is 0 Å². The lowest BCUT2D eigenvalue weighted by Gasteiger charge is -2.20. The summed E-state index contributed by atoms with van der Waals surface area (Å²) in [5, 5.41) is 0. The van der Waals surface area contributed by atoms with E-state index in [1.165, 1.54) is 0 Å². The van der Waals surface area contributed by atoms with Gasteiger partial charge in [0.05, 0.1) is 13.2 Å². The summed E-state index contributed by atoms with van der Waals surface area (Å²) in [4.78, 5) is 15.7. The van der Waals surface area contributed by atoms with Gasteiger partial charge in [-0.25, -0.2) is 9.78 Å². The lowest BCUT2D eigenvalue weighted by atomic mass is 10.1. The zero-order chi connectivity index (χ0) is 13.3. The van der Waals surface area contributed by atoms with Crippen LogP contribution in [0.15, 0.2) is 24.4 Å². The van der Waals surface area contributed by atoms with Gasteiger partial charge in [-0.1, -0.05) is 6.07 Å². The van der Waals surface area contributed by atoms with Crippen LogP contribution in [0.3, 0.4) is 0 Å². The van der Waals surface area contributed by atoms with Crippen LogP contribution in [0.5, 0.6) is 5.88 Å². The number of carbonyl (C=O) groups is 1. The topological polar surface area (TPSA) is 57.7 Å². The zero-order valence-corrected chi connectivity index (χ0v) is 10.9. The summed E-state index contributed by atoms with van der Waals surface area (Å²) in [6.07, 6.45) is 4.78. The molecule has 0 radical (unpaired) electrons. The minimum atomic E-state index is -0.370. The standard InChI is InChI=1S/C14H19NO4/c16-14(12-6-2-4-9-17-12)19-11-5-10-18-13-7-1-3-8-15-13/h1,3,7-8,12H,2,4-6,9-11H2. The number of esters is 1. The quantitative estimate of drug-likeness (QED) is 0.581. The van der Waals surface area contributed by atoms with Crippen LogP contribution >= 0.6 is 0 Å². The zero-order valence-electron chi connectivity index (χ0n) is 10.9. The van der Waals surface area contributed by atoms with Crippen molar-refractivity contribution in [1.82, 2.24) is 4.98 Å². The van der Waals surface area contributed by atoms with Crippen LogP contribution in [0.4, 0.5) is 0 Å². The van der Waals surface area contributed by atoms with Gasteiger partial charge in [0.2, 0.25) is 5.88 Å². The van der Waals surface area contributed by atoms with Crippen molar-refractivity contribution < 1.29 is 19.0 Å². The van der Waals surface area contributed by atoms with E-state index in [0.717, 1.165) is 19.3 Å². The van der Waals surface area contributed by atoms with Crippen LogP contribution in [-0.2, 0) is 14.3 Å². The fourth-order valence-corrected chi connectivity index (χ4v) is 1.86. The van der Waals surface area contributed by atoms with Crippen molar-refractivity contribution in [2.24, 2.45) is 0 Å². The first-order valence-electron chi connectivity index (χ1n) is 6.68. The lowest BCUT2D eigenvalue weighted by molar-refractivity contribution is -0.160. The largest absolute Gasteiger partial charge is 0.478 e. The van der Waals surface area contributed by atoms with Crippen molar-refractivity contribution >= 4 is 5.97 Å². The number of carbonyl (C=O) groups excluding carboxylic acids is 1. The third kappa shape index (κ3) is 4.87. The Hall–Kier alpha value is -1.62. The highest BCUT2D eigenvalue weighted by molar-refractivity contribution is 5.74. The van der Waals surface area contributed by atoms with Gasteiger partial charge in [-0.05, 0) is 25.3 Å². The molecule has 1 fully saturated rings. The van der Waals surface area contributed by atoms with E-state index < -0.39 is 0 Å². The molecular formula is C14H19NO4. The molecule has 0 N–H and O–H groups in total. The minimum Gasteiger partial charge on any atom is -0.478 e. The number of hydrogen-bond donors (Lipinski definition) is 0. The number of aromatic nitrogens is 1. The molecule has 1 aromatic rings. The van der Waals surface area contributed by atoms with E-state index >= 15 is 0 Å². The summed E-state index contributed by atoms with van der Waals surface area (Å²) in [6.45, 7) is 1.49. The molecule has 0 saturated carbocycles. The molecule has 0 bridgehead atoms. The first-order valence-corrected chi connectivity index (χ1v) is 6.68. The molecule has 5 heteroatoms. The van der Waals surface area contributed by atoms with Crippen molar-refractivity contribution in [1.29, 1.82) is 0 Å². The van der Waals surface area contributed by atoms with Crippen molar-refractivity contribution in [2.45, 2.75) is 31.8 Å². The van der Waals surface area contributed by atoms with E-state index in [-0.39, 0.29) is 12.1 Å². The predicted molar refractivity (Wildman–Crippen MR) is 68.9 cm³/mol. The van der Waals surface area contributed by atoms with Gasteiger partial charge in [-0.2, -0.15) is 0 Å². The molecule has 1 saturated heterocycles. The molecule has 2 heterocycles. The Balaban J connectivity index is 1.55. The second-order valence-electron chi connectivity index (χ2n) is 4.39. The molecular weight excluding hydrogens is 246 g/mol. The van der Waals surface area contributed by atoms with Crippen molar-refractivity contribution in [3.05, 3.63) is 24.4 Å². The summed E-state index contributed by atoms with van der Waals surface area (Å²) in [5.74, 6) is 0.335. The van der Waals surface area contributed by atoms with E-state index in [9.17, 15) is 4.79 Å². The molecule has 0 aromatic carbocycles. The minimum absolute atomic E-state index is 0.252. The summed E-state index contributed by atoms with van der Waals surface area (Å²) in [6, 6.07) is 5.49. The third-order valence-electron chi connectivity index (χ3n) is 2.86. The molecule has 1 aliphatic rings. The van der Waals surface area contributed by atoms with Crippen LogP contribution in [0.1, 0.15) is 25.7 Å². The van der Waals surface area contributed by atoms with Gasteiger partial charge in [0.1, 0.15) is 0 Å². The second kappa shape index (κ2) is 7.74. The lowest BCUT2D eigenvalue weighted by Crippen LogP contribution is -2.30. The van der Waals surface area contributed by atoms with Crippen LogP contribution in [0, 0.1) is 0 Å². The Morgan fingerprint density at radius 2 is 2.32 bits per heavy atom.